The van der Waals surface area contributed by atoms with Crippen molar-refractivity contribution in [2.45, 2.75) is 25.4 Å². The molecule has 1 atom stereocenters. The van der Waals surface area contributed by atoms with Gasteiger partial charge < -0.3 is 15.4 Å². The number of nitrogens with zero attached hydrogens (tertiary/aromatic N) is 1. The van der Waals surface area contributed by atoms with Crippen molar-refractivity contribution in [3.05, 3.63) is 34.9 Å². The molecule has 1 unspecified atom stereocenters. The van der Waals surface area contributed by atoms with E-state index in [0.717, 1.165) is 18.4 Å². The number of rotatable bonds is 4. The van der Waals surface area contributed by atoms with E-state index in [4.69, 9.17) is 22.1 Å². The van der Waals surface area contributed by atoms with Gasteiger partial charge in [0.1, 0.15) is 0 Å². The van der Waals surface area contributed by atoms with Gasteiger partial charge in [-0.2, -0.15) is 0 Å². The average molecular weight is 297 g/mol. The van der Waals surface area contributed by atoms with E-state index in [-0.39, 0.29) is 11.8 Å². The largest absolute Gasteiger partial charge is 0.381 e. The van der Waals surface area contributed by atoms with Gasteiger partial charge in [0.25, 0.3) is 0 Å². The van der Waals surface area contributed by atoms with Crippen molar-refractivity contribution < 1.29 is 9.53 Å². The highest BCUT2D eigenvalue weighted by Crippen LogP contribution is 2.20. The molecule has 1 amide bonds. The fourth-order valence-electron chi connectivity index (χ4n) is 2.49. The van der Waals surface area contributed by atoms with Gasteiger partial charge in [0.15, 0.2) is 0 Å². The van der Waals surface area contributed by atoms with Crippen LogP contribution in [0.4, 0.5) is 0 Å². The van der Waals surface area contributed by atoms with E-state index >= 15 is 0 Å². The van der Waals surface area contributed by atoms with E-state index in [0.29, 0.717) is 24.8 Å². The minimum atomic E-state index is -0.452. The van der Waals surface area contributed by atoms with Crippen LogP contribution >= 0.6 is 11.6 Å². The summed E-state index contributed by atoms with van der Waals surface area (Å²) in [6, 6.07) is 7.09. The number of halogens is 1. The monoisotopic (exact) mass is 296 g/mol. The summed E-state index contributed by atoms with van der Waals surface area (Å²) >= 11 is 6.12. The fourth-order valence-corrected chi connectivity index (χ4v) is 2.69. The molecule has 2 N–H and O–H groups in total. The predicted octanol–water partition coefficient (Wildman–Crippen LogP) is 2.05. The Morgan fingerprint density at radius 3 is 2.75 bits per heavy atom. The first-order chi connectivity index (χ1) is 9.59. The third-order valence-electron chi connectivity index (χ3n) is 3.80. The lowest BCUT2D eigenvalue weighted by molar-refractivity contribution is -0.133. The molecule has 4 nitrogen and oxygen atoms in total. The molecule has 110 valence electrons. The maximum atomic E-state index is 12.4. The second-order valence-electron chi connectivity index (χ2n) is 5.26. The van der Waals surface area contributed by atoms with Crippen LogP contribution in [0.3, 0.4) is 0 Å². The first-order valence-corrected chi connectivity index (χ1v) is 7.29. The van der Waals surface area contributed by atoms with E-state index in [1.165, 1.54) is 0 Å². The molecule has 5 heteroatoms. The Morgan fingerprint density at radius 1 is 1.45 bits per heavy atom. The van der Waals surface area contributed by atoms with Crippen LogP contribution in [-0.4, -0.2) is 37.1 Å². The topological polar surface area (TPSA) is 55.6 Å². The van der Waals surface area contributed by atoms with Crippen molar-refractivity contribution in [2.24, 2.45) is 11.7 Å². The summed E-state index contributed by atoms with van der Waals surface area (Å²) in [4.78, 5) is 14.0. The smallest absolute Gasteiger partial charge is 0.239 e. The summed E-state index contributed by atoms with van der Waals surface area (Å²) in [5.74, 6) is 0.182. The Kier molecular flexibility index (Phi) is 5.40. The Hall–Kier alpha value is -1.10. The highest BCUT2D eigenvalue weighted by molar-refractivity contribution is 6.31. The van der Waals surface area contributed by atoms with E-state index in [1.807, 2.05) is 24.3 Å². The molecule has 0 aromatic heterocycles. The quantitative estimate of drug-likeness (QED) is 0.925. The molecule has 1 saturated heterocycles. The molecular formula is C15H21ClN2O2. The zero-order chi connectivity index (χ0) is 14.5. The fraction of sp³-hybridized carbons (Fsp3) is 0.533. The Labute approximate surface area is 124 Å². The average Bonchev–Trinajstić information content (AvgIpc) is 2.49. The zero-order valence-corrected chi connectivity index (χ0v) is 12.5. The van der Waals surface area contributed by atoms with E-state index in [9.17, 15) is 4.79 Å². The minimum Gasteiger partial charge on any atom is -0.381 e. The van der Waals surface area contributed by atoms with Crippen LogP contribution in [0.5, 0.6) is 0 Å². The number of ether oxygens (including phenoxy) is 1. The molecule has 0 spiro atoms. The van der Waals surface area contributed by atoms with E-state index in [1.54, 1.807) is 11.9 Å². The number of hydrogen-bond donors (Lipinski definition) is 1. The maximum Gasteiger partial charge on any atom is 0.239 e. The number of amides is 1. The highest BCUT2D eigenvalue weighted by atomic mass is 35.5. The Morgan fingerprint density at radius 2 is 2.10 bits per heavy atom. The van der Waals surface area contributed by atoms with Crippen LogP contribution in [-0.2, 0) is 16.1 Å². The van der Waals surface area contributed by atoms with Crippen molar-refractivity contribution in [3.63, 3.8) is 0 Å². The Balaban J connectivity index is 1.96. The molecule has 1 aliphatic heterocycles. The second kappa shape index (κ2) is 7.07. The van der Waals surface area contributed by atoms with Crippen molar-refractivity contribution >= 4 is 17.5 Å². The van der Waals surface area contributed by atoms with Gasteiger partial charge in [0.2, 0.25) is 5.91 Å². The summed E-state index contributed by atoms with van der Waals surface area (Å²) in [7, 11) is 1.77. The van der Waals surface area contributed by atoms with Crippen LogP contribution in [0.2, 0.25) is 5.02 Å². The summed E-state index contributed by atoms with van der Waals surface area (Å²) < 4.78 is 5.30. The van der Waals surface area contributed by atoms with Gasteiger partial charge in [-0.1, -0.05) is 29.8 Å². The number of benzene rings is 1. The molecule has 0 aliphatic carbocycles. The number of carbonyl (C=O) groups is 1. The van der Waals surface area contributed by atoms with Gasteiger partial charge in [-0.15, -0.1) is 0 Å². The highest BCUT2D eigenvalue weighted by Gasteiger charge is 2.28. The molecule has 1 aromatic carbocycles. The summed E-state index contributed by atoms with van der Waals surface area (Å²) in [6.07, 6.45) is 1.71. The predicted molar refractivity (Wildman–Crippen MR) is 79.4 cm³/mol. The van der Waals surface area contributed by atoms with Crippen LogP contribution in [0.1, 0.15) is 18.4 Å². The van der Waals surface area contributed by atoms with Gasteiger partial charge in [-0.25, -0.2) is 0 Å². The molecule has 1 aliphatic rings. The van der Waals surface area contributed by atoms with Gasteiger partial charge in [0.05, 0.1) is 6.04 Å². The lowest BCUT2D eigenvalue weighted by Gasteiger charge is -2.30. The number of carbonyl (C=O) groups excluding carboxylic acids is 1. The molecule has 1 fully saturated rings. The molecule has 0 bridgehead atoms. The van der Waals surface area contributed by atoms with Crippen molar-refractivity contribution in [2.75, 3.05) is 20.3 Å². The number of hydrogen-bond acceptors (Lipinski definition) is 3. The summed E-state index contributed by atoms with van der Waals surface area (Å²) in [6.45, 7) is 1.87. The summed E-state index contributed by atoms with van der Waals surface area (Å²) in [5.41, 5.74) is 7.04. The third kappa shape index (κ3) is 3.72. The molecule has 2 rings (SSSR count). The zero-order valence-electron chi connectivity index (χ0n) is 11.7. The van der Waals surface area contributed by atoms with Gasteiger partial charge in [-0.3, -0.25) is 4.79 Å². The molecule has 20 heavy (non-hydrogen) atoms. The lowest BCUT2D eigenvalue weighted by Crippen LogP contribution is -2.47. The SMILES string of the molecule is CN(Cc1ccccc1Cl)C(=O)C(N)C1CCOCC1. The maximum absolute atomic E-state index is 12.4. The number of nitrogens with two attached hydrogens (primary N) is 1. The molecule has 0 radical (unpaired) electrons. The van der Waals surface area contributed by atoms with Crippen molar-refractivity contribution in [1.29, 1.82) is 0 Å². The van der Waals surface area contributed by atoms with Gasteiger partial charge >= 0.3 is 0 Å². The van der Waals surface area contributed by atoms with Crippen LogP contribution < -0.4 is 5.73 Å². The molecule has 0 saturated carbocycles. The second-order valence-corrected chi connectivity index (χ2v) is 5.67. The summed E-state index contributed by atoms with van der Waals surface area (Å²) in [5, 5.41) is 0.673. The van der Waals surface area contributed by atoms with Gasteiger partial charge in [-0.05, 0) is 30.4 Å². The van der Waals surface area contributed by atoms with Gasteiger partial charge in [0, 0.05) is 31.8 Å². The van der Waals surface area contributed by atoms with Crippen molar-refractivity contribution in [3.8, 4) is 0 Å². The first-order valence-electron chi connectivity index (χ1n) is 6.91. The molecule has 1 aromatic rings. The Bertz CT molecular complexity index is 461. The van der Waals surface area contributed by atoms with Crippen molar-refractivity contribution in [1.82, 2.24) is 4.90 Å². The number of likely N-dealkylation sites (N-methyl/N-ethyl adjacent to an activating group) is 1. The van der Waals surface area contributed by atoms with Crippen LogP contribution in [0, 0.1) is 5.92 Å². The first kappa shape index (κ1) is 15.3. The van der Waals surface area contributed by atoms with E-state index < -0.39 is 6.04 Å². The van der Waals surface area contributed by atoms with Crippen LogP contribution in [0.15, 0.2) is 24.3 Å². The van der Waals surface area contributed by atoms with Crippen LogP contribution in [0.25, 0.3) is 0 Å². The normalized spacial score (nSPS) is 17.8. The molecular weight excluding hydrogens is 276 g/mol. The third-order valence-corrected chi connectivity index (χ3v) is 4.17. The minimum absolute atomic E-state index is 0.0307. The van der Waals surface area contributed by atoms with E-state index in [2.05, 4.69) is 0 Å². The molecule has 1 heterocycles. The standard InChI is InChI=1S/C15H21ClN2O2/c1-18(10-12-4-2-3-5-13(12)16)15(19)14(17)11-6-8-20-9-7-11/h2-5,11,14H,6-10,17H2,1H3. The lowest BCUT2D eigenvalue weighted by atomic mass is 9.91.